The van der Waals surface area contributed by atoms with Gasteiger partial charge in [0.1, 0.15) is 11.8 Å². The molecule has 0 spiro atoms. The molecule has 0 aliphatic heterocycles. The number of hydrogen-bond acceptors (Lipinski definition) is 5. The van der Waals surface area contributed by atoms with E-state index in [-0.39, 0.29) is 12.0 Å². The fraction of sp³-hybridized carbons (Fsp3) is 0.308. The summed E-state index contributed by atoms with van der Waals surface area (Å²) in [6.07, 6.45) is 0.0980. The van der Waals surface area contributed by atoms with Crippen LogP contribution in [0.25, 0.3) is 16.6 Å². The minimum Gasteiger partial charge on any atom is -0.491 e. The summed E-state index contributed by atoms with van der Waals surface area (Å²) in [5, 5.41) is 12.6. The summed E-state index contributed by atoms with van der Waals surface area (Å²) in [5.74, 6) is 0.485. The van der Waals surface area contributed by atoms with Gasteiger partial charge in [-0.3, -0.25) is 9.59 Å². The summed E-state index contributed by atoms with van der Waals surface area (Å²) in [5.41, 5.74) is 3.18. The van der Waals surface area contributed by atoms with Gasteiger partial charge in [0.25, 0.3) is 5.56 Å². The number of amides is 1. The van der Waals surface area contributed by atoms with E-state index in [4.69, 9.17) is 4.74 Å². The molecule has 34 heavy (non-hydrogen) atoms. The Morgan fingerprint density at radius 2 is 1.68 bits per heavy atom. The molecule has 2 aromatic heterocycles. The summed E-state index contributed by atoms with van der Waals surface area (Å²) in [6, 6.07) is 16.4. The Balaban J connectivity index is 1.56. The zero-order chi connectivity index (χ0) is 24.4. The molecule has 0 radical (unpaired) electrons. The third kappa shape index (κ3) is 4.57. The zero-order valence-corrected chi connectivity index (χ0v) is 20.1. The summed E-state index contributed by atoms with van der Waals surface area (Å²) in [7, 11) is 0. The van der Waals surface area contributed by atoms with Gasteiger partial charge in [-0.1, -0.05) is 30.3 Å². The van der Waals surface area contributed by atoms with E-state index in [2.05, 4.69) is 15.5 Å². The van der Waals surface area contributed by atoms with E-state index in [1.165, 1.54) is 4.68 Å². The molecule has 0 aliphatic rings. The van der Waals surface area contributed by atoms with E-state index in [0.29, 0.717) is 23.1 Å². The van der Waals surface area contributed by atoms with Crippen molar-refractivity contribution >= 4 is 16.8 Å². The number of hydrogen-bond donors (Lipinski definition) is 1. The fourth-order valence-corrected chi connectivity index (χ4v) is 3.94. The van der Waals surface area contributed by atoms with Crippen molar-refractivity contribution in [3.05, 3.63) is 81.9 Å². The number of nitrogens with one attached hydrogen (secondary N) is 1. The molecule has 1 atom stereocenters. The second-order valence-electron chi connectivity index (χ2n) is 8.60. The first kappa shape index (κ1) is 23.2. The lowest BCUT2D eigenvalue weighted by atomic mass is 10.2. The van der Waals surface area contributed by atoms with Gasteiger partial charge < -0.3 is 10.1 Å². The molecule has 2 aromatic carbocycles. The topological polar surface area (TPSA) is 91.0 Å². The third-order valence-electron chi connectivity index (χ3n) is 5.66. The Labute approximate surface area is 198 Å². The molecule has 0 saturated heterocycles. The molecule has 0 unspecified atom stereocenters. The highest BCUT2D eigenvalue weighted by Gasteiger charge is 2.23. The first-order chi connectivity index (χ1) is 16.3. The Bertz CT molecular complexity index is 1370. The van der Waals surface area contributed by atoms with Crippen LogP contribution in [0.3, 0.4) is 0 Å². The van der Waals surface area contributed by atoms with E-state index in [1.807, 2.05) is 82.3 Å². The van der Waals surface area contributed by atoms with Crippen LogP contribution in [0.5, 0.6) is 5.75 Å². The molecule has 0 bridgehead atoms. The van der Waals surface area contributed by atoms with Crippen LogP contribution in [0.15, 0.2) is 59.4 Å². The van der Waals surface area contributed by atoms with Gasteiger partial charge in [0.15, 0.2) is 5.52 Å². The van der Waals surface area contributed by atoms with Gasteiger partial charge in [-0.15, -0.1) is 0 Å². The van der Waals surface area contributed by atoms with Crippen LogP contribution in [0.2, 0.25) is 0 Å². The van der Waals surface area contributed by atoms with Crippen molar-refractivity contribution in [3.63, 3.8) is 0 Å². The van der Waals surface area contributed by atoms with E-state index in [9.17, 15) is 9.59 Å². The van der Waals surface area contributed by atoms with Gasteiger partial charge >= 0.3 is 0 Å². The highest BCUT2D eigenvalue weighted by Crippen LogP contribution is 2.21. The third-order valence-corrected chi connectivity index (χ3v) is 5.66. The molecule has 8 heteroatoms. The molecule has 4 aromatic rings. The molecule has 0 aliphatic carbocycles. The Morgan fingerprint density at radius 1 is 1.00 bits per heavy atom. The molecule has 0 fully saturated rings. The lowest BCUT2D eigenvalue weighted by Crippen LogP contribution is -2.37. The highest BCUT2D eigenvalue weighted by atomic mass is 16.5. The number of fused-ring (bicyclic) bond motifs is 1. The lowest BCUT2D eigenvalue weighted by Gasteiger charge is -2.15. The number of nitrogens with zero attached hydrogens (tertiary/aromatic N) is 4. The number of para-hydroxylation sites is 1. The van der Waals surface area contributed by atoms with Crippen molar-refractivity contribution in [1.82, 2.24) is 24.9 Å². The highest BCUT2D eigenvalue weighted by molar-refractivity contribution is 5.84. The maximum atomic E-state index is 13.3. The second kappa shape index (κ2) is 9.51. The van der Waals surface area contributed by atoms with Crippen molar-refractivity contribution in [2.75, 3.05) is 0 Å². The van der Waals surface area contributed by atoms with Gasteiger partial charge in [0, 0.05) is 6.54 Å². The smallest absolute Gasteiger partial charge is 0.295 e. The van der Waals surface area contributed by atoms with Crippen LogP contribution in [-0.4, -0.2) is 31.6 Å². The Kier molecular flexibility index (Phi) is 6.49. The second-order valence-corrected chi connectivity index (χ2v) is 8.60. The monoisotopic (exact) mass is 459 g/mol. The minimum atomic E-state index is -0.790. The first-order valence-electron chi connectivity index (χ1n) is 11.3. The molecule has 4 rings (SSSR count). The summed E-state index contributed by atoms with van der Waals surface area (Å²) in [4.78, 5) is 26.1. The first-order valence-corrected chi connectivity index (χ1v) is 11.3. The molecular weight excluding hydrogens is 430 g/mol. The quantitative estimate of drug-likeness (QED) is 0.453. The number of carbonyl (C=O) groups is 1. The van der Waals surface area contributed by atoms with Crippen LogP contribution < -0.4 is 15.6 Å². The van der Waals surface area contributed by atoms with Crippen LogP contribution in [0.1, 0.15) is 43.8 Å². The average Bonchev–Trinajstić information content (AvgIpc) is 3.18. The zero-order valence-electron chi connectivity index (χ0n) is 20.1. The maximum absolute atomic E-state index is 13.3. The van der Waals surface area contributed by atoms with E-state index < -0.39 is 11.6 Å². The predicted molar refractivity (Wildman–Crippen MR) is 131 cm³/mol. The number of aromatic nitrogens is 4. The van der Waals surface area contributed by atoms with Crippen molar-refractivity contribution in [1.29, 1.82) is 0 Å². The van der Waals surface area contributed by atoms with E-state index in [1.54, 1.807) is 11.6 Å². The van der Waals surface area contributed by atoms with Gasteiger partial charge in [-0.05, 0) is 64.4 Å². The maximum Gasteiger partial charge on any atom is 0.295 e. The van der Waals surface area contributed by atoms with Gasteiger partial charge in [-0.25, -0.2) is 9.36 Å². The predicted octanol–water partition coefficient (Wildman–Crippen LogP) is 3.86. The van der Waals surface area contributed by atoms with E-state index >= 15 is 0 Å². The molecule has 2 heterocycles. The Morgan fingerprint density at radius 3 is 2.32 bits per heavy atom. The van der Waals surface area contributed by atoms with Crippen molar-refractivity contribution < 1.29 is 9.53 Å². The van der Waals surface area contributed by atoms with Gasteiger partial charge in [-0.2, -0.15) is 10.2 Å². The number of rotatable bonds is 7. The average molecular weight is 460 g/mol. The van der Waals surface area contributed by atoms with Crippen LogP contribution in [0, 0.1) is 13.8 Å². The fourth-order valence-electron chi connectivity index (χ4n) is 3.94. The standard InChI is InChI=1S/C26H29N5O3/c1-16(2)34-22-13-11-20(12-14-22)15-27-25(32)19(5)31-26(33)24-23(17(3)28-31)18(4)30(29-24)21-9-7-6-8-10-21/h6-14,16,19H,15H2,1-5H3,(H,27,32)/t19-/m0/s1. The SMILES string of the molecule is Cc1nn([C@@H](C)C(=O)NCc2ccc(OC(C)C)cc2)c(=O)c2nn(-c3ccccc3)c(C)c12. The number of benzene rings is 2. The van der Waals surface area contributed by atoms with Crippen molar-refractivity contribution in [2.45, 2.75) is 53.3 Å². The lowest BCUT2D eigenvalue weighted by molar-refractivity contribution is -0.124. The van der Waals surface area contributed by atoms with Crippen molar-refractivity contribution in [3.8, 4) is 11.4 Å². The van der Waals surface area contributed by atoms with Crippen molar-refractivity contribution in [2.24, 2.45) is 0 Å². The largest absolute Gasteiger partial charge is 0.491 e. The van der Waals surface area contributed by atoms with Gasteiger partial charge in [0.2, 0.25) is 5.91 Å². The summed E-state index contributed by atoms with van der Waals surface area (Å²) >= 11 is 0. The molecule has 8 nitrogen and oxygen atoms in total. The normalized spacial score (nSPS) is 12.2. The molecular formula is C26H29N5O3. The van der Waals surface area contributed by atoms with E-state index in [0.717, 1.165) is 22.7 Å². The number of carbonyl (C=O) groups excluding carboxylic acids is 1. The Hall–Kier alpha value is -3.94. The van der Waals surface area contributed by atoms with Crippen LogP contribution in [0.4, 0.5) is 0 Å². The summed E-state index contributed by atoms with van der Waals surface area (Å²) < 4.78 is 8.60. The molecule has 176 valence electrons. The number of aryl methyl sites for hydroxylation is 2. The van der Waals surface area contributed by atoms with Crippen LogP contribution >= 0.6 is 0 Å². The minimum absolute atomic E-state index is 0.0980. The molecule has 1 amide bonds. The van der Waals surface area contributed by atoms with Crippen LogP contribution in [-0.2, 0) is 11.3 Å². The summed E-state index contributed by atoms with van der Waals surface area (Å²) in [6.45, 7) is 9.68. The number of ether oxygens (including phenoxy) is 1. The molecule has 1 N–H and O–H groups in total. The molecule has 0 saturated carbocycles. The van der Waals surface area contributed by atoms with Gasteiger partial charge in [0.05, 0.1) is 28.6 Å².